The van der Waals surface area contributed by atoms with Crippen molar-refractivity contribution >= 4 is 27.3 Å². The van der Waals surface area contributed by atoms with Crippen molar-refractivity contribution in [3.05, 3.63) is 20.8 Å². The van der Waals surface area contributed by atoms with E-state index in [1.807, 2.05) is 0 Å². The fraction of sp³-hybridized carbons (Fsp3) is 0.667. The topological polar surface area (TPSA) is 9.23 Å². The molecule has 0 N–H and O–H groups in total. The number of hydrogen-bond acceptors (Lipinski definition) is 2. The average Bonchev–Trinajstić information content (AvgIpc) is 2.66. The highest BCUT2D eigenvalue weighted by molar-refractivity contribution is 9.10. The van der Waals surface area contributed by atoms with Gasteiger partial charge in [0.25, 0.3) is 0 Å². The zero-order chi connectivity index (χ0) is 10.5. The fourth-order valence-electron chi connectivity index (χ4n) is 2.11. The maximum absolute atomic E-state index is 5.76. The largest absolute Gasteiger partial charge is 0.376 e. The van der Waals surface area contributed by atoms with Crippen molar-refractivity contribution in [1.29, 1.82) is 0 Å². The van der Waals surface area contributed by atoms with Crippen LogP contribution in [0.2, 0.25) is 0 Å². The first-order valence-corrected chi connectivity index (χ1v) is 7.32. The van der Waals surface area contributed by atoms with Gasteiger partial charge in [-0.25, -0.2) is 0 Å². The van der Waals surface area contributed by atoms with Gasteiger partial charge in [0.1, 0.15) is 0 Å². The lowest BCUT2D eigenvalue weighted by Crippen LogP contribution is -2.12. The van der Waals surface area contributed by atoms with Crippen molar-refractivity contribution in [2.75, 3.05) is 6.61 Å². The van der Waals surface area contributed by atoms with Crippen LogP contribution in [0, 0.1) is 5.92 Å². The lowest BCUT2D eigenvalue weighted by molar-refractivity contribution is 0.0755. The third-order valence-electron chi connectivity index (χ3n) is 2.94. The first kappa shape index (κ1) is 11.6. The SMILES string of the molecule is Brc1csc(COCC2CCCCC2)c1. The molecule has 0 radical (unpaired) electrons. The van der Waals surface area contributed by atoms with E-state index in [1.165, 1.54) is 41.5 Å². The third-order valence-corrected chi connectivity index (χ3v) is 4.62. The van der Waals surface area contributed by atoms with Gasteiger partial charge in [0.2, 0.25) is 0 Å². The Kier molecular flexibility index (Phi) is 4.66. The van der Waals surface area contributed by atoms with E-state index in [4.69, 9.17) is 4.74 Å². The van der Waals surface area contributed by atoms with Gasteiger partial charge >= 0.3 is 0 Å². The van der Waals surface area contributed by atoms with E-state index in [0.717, 1.165) is 19.1 Å². The molecule has 0 bridgehead atoms. The number of thiophene rings is 1. The average molecular weight is 289 g/mol. The molecule has 1 nitrogen and oxygen atoms in total. The molecule has 0 aromatic carbocycles. The molecule has 84 valence electrons. The molecule has 2 rings (SSSR count). The summed E-state index contributed by atoms with van der Waals surface area (Å²) in [6, 6.07) is 2.14. The van der Waals surface area contributed by atoms with Crippen LogP contribution >= 0.6 is 27.3 Å². The smallest absolute Gasteiger partial charge is 0.0809 e. The molecule has 1 aromatic rings. The summed E-state index contributed by atoms with van der Waals surface area (Å²) in [5.41, 5.74) is 0. The summed E-state index contributed by atoms with van der Waals surface area (Å²) in [6.45, 7) is 1.74. The molecule has 0 saturated heterocycles. The Labute approximate surface area is 104 Å². The highest BCUT2D eigenvalue weighted by Gasteiger charge is 2.13. The number of ether oxygens (including phenoxy) is 1. The Balaban J connectivity index is 1.65. The highest BCUT2D eigenvalue weighted by Crippen LogP contribution is 2.25. The van der Waals surface area contributed by atoms with Crippen LogP contribution in [0.5, 0.6) is 0 Å². The van der Waals surface area contributed by atoms with Crippen LogP contribution in [0.1, 0.15) is 37.0 Å². The minimum atomic E-state index is 0.784. The molecule has 0 amide bonds. The van der Waals surface area contributed by atoms with Crippen LogP contribution in [0.15, 0.2) is 15.9 Å². The van der Waals surface area contributed by atoms with Gasteiger partial charge in [0.05, 0.1) is 6.61 Å². The van der Waals surface area contributed by atoms with Gasteiger partial charge in [0.15, 0.2) is 0 Å². The van der Waals surface area contributed by atoms with Crippen molar-refractivity contribution < 1.29 is 4.74 Å². The van der Waals surface area contributed by atoms with E-state index in [-0.39, 0.29) is 0 Å². The van der Waals surface area contributed by atoms with Gasteiger partial charge in [-0.3, -0.25) is 0 Å². The molecular weight excluding hydrogens is 272 g/mol. The Hall–Kier alpha value is 0.140. The van der Waals surface area contributed by atoms with Crippen LogP contribution in [-0.4, -0.2) is 6.61 Å². The first-order valence-electron chi connectivity index (χ1n) is 5.65. The van der Waals surface area contributed by atoms with Crippen LogP contribution in [-0.2, 0) is 11.3 Å². The van der Waals surface area contributed by atoms with E-state index < -0.39 is 0 Å². The molecule has 1 fully saturated rings. The molecule has 3 heteroatoms. The zero-order valence-electron chi connectivity index (χ0n) is 8.88. The van der Waals surface area contributed by atoms with Crippen LogP contribution < -0.4 is 0 Å². The molecule has 15 heavy (non-hydrogen) atoms. The maximum atomic E-state index is 5.76. The quantitative estimate of drug-likeness (QED) is 0.786. The molecule has 1 aliphatic carbocycles. The fourth-order valence-corrected chi connectivity index (χ4v) is 3.50. The van der Waals surface area contributed by atoms with Gasteiger partial charge in [0, 0.05) is 21.3 Å². The summed E-state index contributed by atoms with van der Waals surface area (Å²) in [6.07, 6.45) is 6.97. The lowest BCUT2D eigenvalue weighted by atomic mass is 9.90. The normalized spacial score (nSPS) is 18.2. The van der Waals surface area contributed by atoms with E-state index >= 15 is 0 Å². The van der Waals surface area contributed by atoms with Crippen molar-refractivity contribution in [3.63, 3.8) is 0 Å². The second kappa shape index (κ2) is 6.02. The molecule has 1 heterocycles. The summed E-state index contributed by atoms with van der Waals surface area (Å²) in [7, 11) is 0. The summed E-state index contributed by atoms with van der Waals surface area (Å²) in [5.74, 6) is 0.821. The predicted molar refractivity (Wildman–Crippen MR) is 68.3 cm³/mol. The molecule has 0 atom stereocenters. The Morgan fingerprint density at radius 3 is 2.80 bits per heavy atom. The van der Waals surface area contributed by atoms with Crippen molar-refractivity contribution in [2.45, 2.75) is 38.7 Å². The monoisotopic (exact) mass is 288 g/mol. The lowest BCUT2D eigenvalue weighted by Gasteiger charge is -2.20. The summed E-state index contributed by atoms with van der Waals surface area (Å²) >= 11 is 5.22. The second-order valence-corrected chi connectivity index (χ2v) is 6.16. The zero-order valence-corrected chi connectivity index (χ0v) is 11.3. The van der Waals surface area contributed by atoms with E-state index in [1.54, 1.807) is 11.3 Å². The molecule has 1 aromatic heterocycles. The number of halogens is 1. The molecule has 1 aliphatic rings. The van der Waals surface area contributed by atoms with E-state index in [9.17, 15) is 0 Å². The van der Waals surface area contributed by atoms with Gasteiger partial charge in [-0.2, -0.15) is 0 Å². The van der Waals surface area contributed by atoms with Gasteiger partial charge in [-0.15, -0.1) is 11.3 Å². The summed E-state index contributed by atoms with van der Waals surface area (Å²) in [4.78, 5) is 1.32. The maximum Gasteiger partial charge on any atom is 0.0809 e. The van der Waals surface area contributed by atoms with Gasteiger partial charge in [-0.05, 0) is 40.8 Å². The van der Waals surface area contributed by atoms with E-state index in [2.05, 4.69) is 27.4 Å². The Bertz CT molecular complexity index is 292. The van der Waals surface area contributed by atoms with Crippen molar-refractivity contribution in [2.24, 2.45) is 5.92 Å². The van der Waals surface area contributed by atoms with Crippen LogP contribution in [0.4, 0.5) is 0 Å². The second-order valence-electron chi connectivity index (χ2n) is 4.25. The molecule has 1 saturated carbocycles. The van der Waals surface area contributed by atoms with Crippen molar-refractivity contribution in [3.8, 4) is 0 Å². The number of hydrogen-bond donors (Lipinski definition) is 0. The molecular formula is C12H17BrOS. The minimum absolute atomic E-state index is 0.784. The Morgan fingerprint density at radius 1 is 1.33 bits per heavy atom. The minimum Gasteiger partial charge on any atom is -0.376 e. The first-order chi connectivity index (χ1) is 7.34. The highest BCUT2D eigenvalue weighted by atomic mass is 79.9. The summed E-state index contributed by atoms with van der Waals surface area (Å²) in [5, 5.41) is 2.11. The van der Waals surface area contributed by atoms with Gasteiger partial charge in [-0.1, -0.05) is 19.3 Å². The molecule has 0 aliphatic heterocycles. The molecule has 0 spiro atoms. The van der Waals surface area contributed by atoms with Crippen LogP contribution in [0.3, 0.4) is 0 Å². The van der Waals surface area contributed by atoms with Crippen molar-refractivity contribution in [1.82, 2.24) is 0 Å². The Morgan fingerprint density at radius 2 is 2.13 bits per heavy atom. The van der Waals surface area contributed by atoms with Gasteiger partial charge < -0.3 is 4.74 Å². The predicted octanol–water partition coefficient (Wildman–Crippen LogP) is 4.61. The number of rotatable bonds is 4. The standard InChI is InChI=1S/C12H17BrOS/c13-11-6-12(15-9-11)8-14-7-10-4-2-1-3-5-10/h6,9-10H,1-5,7-8H2. The summed E-state index contributed by atoms with van der Waals surface area (Å²) < 4.78 is 6.93. The molecule has 0 unspecified atom stereocenters. The third kappa shape index (κ3) is 3.89. The van der Waals surface area contributed by atoms with E-state index in [0.29, 0.717) is 0 Å². The van der Waals surface area contributed by atoms with Crippen LogP contribution in [0.25, 0.3) is 0 Å².